The number of H-pyrrole nitrogens is 1. The van der Waals surface area contributed by atoms with Gasteiger partial charge in [0, 0.05) is 11.6 Å². The van der Waals surface area contributed by atoms with Gasteiger partial charge < -0.3 is 5.32 Å². The Balaban J connectivity index is 1.71. The SMILES string of the molecule is CC(=NC1CC2CCC1CC2)N/C(=C(/C#N)C=CF)c1[nH]nc2ncc(C)cc12. The Labute approximate surface area is 169 Å². The van der Waals surface area contributed by atoms with Gasteiger partial charge in [0.1, 0.15) is 6.07 Å². The molecule has 0 aliphatic heterocycles. The third kappa shape index (κ3) is 3.93. The molecule has 3 fully saturated rings. The molecule has 1 unspecified atom stereocenters. The number of aromatic nitrogens is 3. The zero-order valence-corrected chi connectivity index (χ0v) is 16.7. The van der Waals surface area contributed by atoms with Crippen LogP contribution < -0.4 is 5.32 Å². The molecule has 29 heavy (non-hydrogen) atoms. The summed E-state index contributed by atoms with van der Waals surface area (Å²) < 4.78 is 13.0. The van der Waals surface area contributed by atoms with Crippen molar-refractivity contribution >= 4 is 22.6 Å². The number of nitrogens with one attached hydrogen (secondary N) is 2. The van der Waals surface area contributed by atoms with Crippen LogP contribution in [0.5, 0.6) is 0 Å². The van der Waals surface area contributed by atoms with Gasteiger partial charge in [-0.05, 0) is 62.7 Å². The Morgan fingerprint density at radius 2 is 2.17 bits per heavy atom. The van der Waals surface area contributed by atoms with E-state index in [1.807, 2.05) is 19.9 Å². The van der Waals surface area contributed by atoms with E-state index in [1.54, 1.807) is 6.20 Å². The van der Waals surface area contributed by atoms with Gasteiger partial charge in [0.05, 0.1) is 35.2 Å². The van der Waals surface area contributed by atoms with E-state index in [4.69, 9.17) is 4.99 Å². The van der Waals surface area contributed by atoms with Crippen LogP contribution in [0.2, 0.25) is 0 Å². The van der Waals surface area contributed by atoms with Crippen molar-refractivity contribution in [2.75, 3.05) is 0 Å². The van der Waals surface area contributed by atoms with E-state index in [0.717, 1.165) is 35.2 Å². The van der Waals surface area contributed by atoms with Gasteiger partial charge in [-0.1, -0.05) is 12.8 Å². The van der Waals surface area contributed by atoms with Gasteiger partial charge in [0.15, 0.2) is 5.65 Å². The van der Waals surface area contributed by atoms with Crippen molar-refractivity contribution < 1.29 is 4.39 Å². The van der Waals surface area contributed by atoms with E-state index in [2.05, 4.69) is 26.6 Å². The maximum absolute atomic E-state index is 13.0. The lowest BCUT2D eigenvalue weighted by Gasteiger charge is -2.40. The van der Waals surface area contributed by atoms with Gasteiger partial charge in [0.2, 0.25) is 0 Å². The molecule has 0 radical (unpaired) electrons. The highest BCUT2D eigenvalue weighted by Gasteiger charge is 2.35. The van der Waals surface area contributed by atoms with Crippen molar-refractivity contribution in [2.24, 2.45) is 16.8 Å². The number of hydrogen-bond acceptors (Lipinski definition) is 4. The molecule has 0 aromatic carbocycles. The Kier molecular flexibility index (Phi) is 5.43. The number of amidine groups is 1. The summed E-state index contributed by atoms with van der Waals surface area (Å²) in [4.78, 5) is 9.25. The summed E-state index contributed by atoms with van der Waals surface area (Å²) >= 11 is 0. The van der Waals surface area contributed by atoms with Gasteiger partial charge in [-0.25, -0.2) is 9.37 Å². The number of fused-ring (bicyclic) bond motifs is 4. The molecule has 2 N–H and O–H groups in total. The van der Waals surface area contributed by atoms with Crippen molar-refractivity contribution in [3.63, 3.8) is 0 Å². The fourth-order valence-electron chi connectivity index (χ4n) is 4.66. The van der Waals surface area contributed by atoms with E-state index in [0.29, 0.717) is 35.3 Å². The first-order chi connectivity index (χ1) is 14.1. The number of halogens is 1. The van der Waals surface area contributed by atoms with Gasteiger partial charge in [0.25, 0.3) is 0 Å². The fraction of sp³-hybridized carbons (Fsp3) is 0.455. The number of nitrogens with zero attached hydrogens (tertiary/aromatic N) is 4. The molecular formula is C22H25FN6. The minimum Gasteiger partial charge on any atom is -0.341 e. The van der Waals surface area contributed by atoms with Crippen LogP contribution in [0.25, 0.3) is 16.7 Å². The van der Waals surface area contributed by atoms with Gasteiger partial charge in [-0.2, -0.15) is 10.4 Å². The van der Waals surface area contributed by atoms with Crippen molar-refractivity contribution in [1.29, 1.82) is 5.26 Å². The van der Waals surface area contributed by atoms with Crippen LogP contribution in [0, 0.1) is 30.1 Å². The quantitative estimate of drug-likeness (QED) is 0.345. The molecule has 5 rings (SSSR count). The lowest BCUT2D eigenvalue weighted by atomic mass is 9.68. The summed E-state index contributed by atoms with van der Waals surface area (Å²) in [5, 5.41) is 20.8. The molecular weight excluding hydrogens is 367 g/mol. The van der Waals surface area contributed by atoms with Crippen molar-refractivity contribution in [2.45, 2.75) is 52.0 Å². The lowest BCUT2D eigenvalue weighted by molar-refractivity contribution is 0.148. The largest absolute Gasteiger partial charge is 0.341 e. The molecule has 1 atom stereocenters. The van der Waals surface area contributed by atoms with Crippen LogP contribution in [-0.4, -0.2) is 27.1 Å². The molecule has 150 valence electrons. The Hall–Kier alpha value is -3.01. The second-order valence-corrected chi connectivity index (χ2v) is 8.10. The summed E-state index contributed by atoms with van der Waals surface area (Å²) in [6.45, 7) is 3.84. The lowest BCUT2D eigenvalue weighted by Crippen LogP contribution is -2.35. The van der Waals surface area contributed by atoms with Crippen LogP contribution in [0.3, 0.4) is 0 Å². The summed E-state index contributed by atoms with van der Waals surface area (Å²) in [5.74, 6) is 2.15. The smallest absolute Gasteiger partial charge is 0.181 e. The standard InChI is InChI=1S/C22H25FN6/c1-13-9-18-21(28-29-22(18)25-12-13)20(17(11-24)7-8-23)27-14(2)26-19-10-15-3-5-16(19)6-4-15/h7-9,12,15-16,19H,3-6,10H2,1-2H3,(H,26,27)(H,25,28,29)/b8-7?,20-17+. The number of aliphatic imine (C=N–C) groups is 1. The third-order valence-corrected chi connectivity index (χ3v) is 6.09. The maximum atomic E-state index is 13.0. The second-order valence-electron chi connectivity index (χ2n) is 8.10. The van der Waals surface area contributed by atoms with Crippen LogP contribution in [0.15, 0.2) is 35.2 Å². The summed E-state index contributed by atoms with van der Waals surface area (Å²) in [7, 11) is 0. The molecule has 6 nitrogen and oxygen atoms in total. The van der Waals surface area contributed by atoms with Crippen LogP contribution in [0.4, 0.5) is 4.39 Å². The molecule has 2 aromatic rings. The molecule has 3 saturated carbocycles. The number of allylic oxidation sites excluding steroid dienone is 2. The van der Waals surface area contributed by atoms with Gasteiger partial charge >= 0.3 is 0 Å². The highest BCUT2D eigenvalue weighted by atomic mass is 19.1. The Bertz CT molecular complexity index is 1030. The number of pyridine rings is 1. The highest BCUT2D eigenvalue weighted by Crippen LogP contribution is 2.42. The summed E-state index contributed by atoms with van der Waals surface area (Å²) in [5.41, 5.74) is 2.75. The average molecular weight is 392 g/mol. The normalized spacial score (nSPS) is 25.3. The van der Waals surface area contributed by atoms with E-state index in [1.165, 1.54) is 25.7 Å². The molecule has 7 heteroatoms. The van der Waals surface area contributed by atoms with Crippen molar-refractivity contribution in [1.82, 2.24) is 20.5 Å². The van der Waals surface area contributed by atoms with E-state index in [9.17, 15) is 9.65 Å². The predicted molar refractivity (Wildman–Crippen MR) is 112 cm³/mol. The Morgan fingerprint density at radius 1 is 1.38 bits per heavy atom. The topological polar surface area (TPSA) is 89.8 Å². The molecule has 2 aromatic heterocycles. The number of aryl methyl sites for hydroxylation is 1. The summed E-state index contributed by atoms with van der Waals surface area (Å²) in [6.07, 6.45) is 9.53. The maximum Gasteiger partial charge on any atom is 0.181 e. The first-order valence-corrected chi connectivity index (χ1v) is 10.1. The molecule has 2 heterocycles. The monoisotopic (exact) mass is 392 g/mol. The zero-order valence-electron chi connectivity index (χ0n) is 16.7. The van der Waals surface area contributed by atoms with E-state index in [-0.39, 0.29) is 5.57 Å². The third-order valence-electron chi connectivity index (χ3n) is 6.09. The van der Waals surface area contributed by atoms with E-state index >= 15 is 0 Å². The fourth-order valence-corrected chi connectivity index (χ4v) is 4.66. The predicted octanol–water partition coefficient (Wildman–Crippen LogP) is 4.57. The second kappa shape index (κ2) is 8.16. The molecule has 3 aliphatic carbocycles. The average Bonchev–Trinajstić information content (AvgIpc) is 3.14. The minimum atomic E-state index is 0.166. The Morgan fingerprint density at radius 3 is 2.83 bits per heavy atom. The van der Waals surface area contributed by atoms with Crippen LogP contribution in [-0.2, 0) is 0 Å². The van der Waals surface area contributed by atoms with Crippen LogP contribution in [0.1, 0.15) is 50.3 Å². The summed E-state index contributed by atoms with van der Waals surface area (Å²) in [6, 6.07) is 4.34. The van der Waals surface area contributed by atoms with Gasteiger partial charge in [-0.3, -0.25) is 10.1 Å². The molecule has 0 amide bonds. The zero-order chi connectivity index (χ0) is 20.4. The highest BCUT2D eigenvalue weighted by molar-refractivity contribution is 5.97. The number of aromatic amines is 1. The van der Waals surface area contributed by atoms with Gasteiger partial charge in [-0.15, -0.1) is 0 Å². The first kappa shape index (κ1) is 19.3. The number of nitriles is 1. The first-order valence-electron chi connectivity index (χ1n) is 10.1. The molecule has 0 saturated heterocycles. The van der Waals surface area contributed by atoms with Crippen molar-refractivity contribution in [3.05, 3.63) is 41.5 Å². The van der Waals surface area contributed by atoms with Crippen LogP contribution >= 0.6 is 0 Å². The molecule has 2 bridgehead atoms. The molecule has 3 aliphatic rings. The number of hydrogen-bond donors (Lipinski definition) is 2. The van der Waals surface area contributed by atoms with E-state index < -0.39 is 0 Å². The molecule has 0 spiro atoms. The minimum absolute atomic E-state index is 0.166. The number of rotatable bonds is 4. The van der Waals surface area contributed by atoms with Crippen molar-refractivity contribution in [3.8, 4) is 6.07 Å².